The number of rotatable bonds is 6. The Kier molecular flexibility index (Phi) is 6.72. The van der Waals surface area contributed by atoms with Gasteiger partial charge in [0, 0.05) is 44.0 Å². The van der Waals surface area contributed by atoms with Gasteiger partial charge in [0.1, 0.15) is 0 Å². The summed E-state index contributed by atoms with van der Waals surface area (Å²) in [6, 6.07) is 14.5. The van der Waals surface area contributed by atoms with E-state index in [0.29, 0.717) is 32.0 Å². The number of urea groups is 1. The molecule has 1 fully saturated rings. The molecular formula is C24H32N4O2. The standard InChI is InChI=1S/C24H32N4O2/c29-22(14-7-15-25-24(30)26-20-11-5-2-6-12-20)28-18-17-27-16-8-13-21(27)23(28)19-9-3-1-4-10-19/h1,3-4,8-10,13,16,20,23H,2,5-7,11-12,14-15,17-18H2,(H2,25,26,30). The molecule has 1 aliphatic carbocycles. The molecule has 3 amide bonds. The average molecular weight is 409 g/mol. The Labute approximate surface area is 178 Å². The SMILES string of the molecule is O=C(NCCCC(=O)N1CCn2cccc2C1c1ccccc1)NC1CCCCC1. The summed E-state index contributed by atoms with van der Waals surface area (Å²) >= 11 is 0. The van der Waals surface area contributed by atoms with Crippen molar-refractivity contribution in [3.05, 3.63) is 59.9 Å². The number of aromatic nitrogens is 1. The van der Waals surface area contributed by atoms with Crippen molar-refractivity contribution in [3.63, 3.8) is 0 Å². The van der Waals surface area contributed by atoms with Gasteiger partial charge in [-0.05, 0) is 37.0 Å². The zero-order chi connectivity index (χ0) is 20.8. The van der Waals surface area contributed by atoms with Gasteiger partial charge < -0.3 is 20.1 Å². The highest BCUT2D eigenvalue weighted by Gasteiger charge is 2.31. The van der Waals surface area contributed by atoms with E-state index >= 15 is 0 Å². The molecule has 1 aromatic heterocycles. The van der Waals surface area contributed by atoms with Gasteiger partial charge in [-0.1, -0.05) is 49.6 Å². The summed E-state index contributed by atoms with van der Waals surface area (Å²) in [6.45, 7) is 2.04. The number of nitrogens with zero attached hydrogens (tertiary/aromatic N) is 2. The number of amides is 3. The molecule has 2 aromatic rings. The van der Waals surface area contributed by atoms with Crippen LogP contribution in [0.25, 0.3) is 0 Å². The predicted molar refractivity (Wildman–Crippen MR) is 117 cm³/mol. The van der Waals surface area contributed by atoms with Gasteiger partial charge >= 0.3 is 6.03 Å². The second kappa shape index (κ2) is 9.83. The quantitative estimate of drug-likeness (QED) is 0.714. The molecule has 1 unspecified atom stereocenters. The summed E-state index contributed by atoms with van der Waals surface area (Å²) in [6.07, 6.45) is 8.98. The number of benzene rings is 1. The molecule has 1 aromatic carbocycles. The Morgan fingerprint density at radius 1 is 0.967 bits per heavy atom. The number of nitrogens with one attached hydrogen (secondary N) is 2. The van der Waals surface area contributed by atoms with Gasteiger partial charge in [0.15, 0.2) is 0 Å². The molecule has 2 aliphatic rings. The Hall–Kier alpha value is -2.76. The Balaban J connectivity index is 1.30. The van der Waals surface area contributed by atoms with Crippen LogP contribution in [0.1, 0.15) is 62.2 Å². The van der Waals surface area contributed by atoms with Crippen LogP contribution in [0.5, 0.6) is 0 Å². The highest BCUT2D eigenvalue weighted by Crippen LogP contribution is 2.32. The fourth-order valence-corrected chi connectivity index (χ4v) is 4.71. The van der Waals surface area contributed by atoms with Crippen molar-refractivity contribution in [2.75, 3.05) is 13.1 Å². The first kappa shape index (κ1) is 20.5. The Morgan fingerprint density at radius 3 is 2.57 bits per heavy atom. The van der Waals surface area contributed by atoms with E-state index in [0.717, 1.165) is 30.6 Å². The van der Waals surface area contributed by atoms with Crippen molar-refractivity contribution in [3.8, 4) is 0 Å². The van der Waals surface area contributed by atoms with Gasteiger partial charge in [-0.2, -0.15) is 0 Å². The topological polar surface area (TPSA) is 66.4 Å². The van der Waals surface area contributed by atoms with Crippen molar-refractivity contribution >= 4 is 11.9 Å². The van der Waals surface area contributed by atoms with Gasteiger partial charge in [-0.15, -0.1) is 0 Å². The summed E-state index contributed by atoms with van der Waals surface area (Å²) in [5.74, 6) is 0.144. The van der Waals surface area contributed by atoms with Crippen LogP contribution in [0.4, 0.5) is 4.79 Å². The molecule has 0 radical (unpaired) electrons. The lowest BCUT2D eigenvalue weighted by atomic mass is 9.96. The van der Waals surface area contributed by atoms with E-state index in [-0.39, 0.29) is 18.0 Å². The summed E-state index contributed by atoms with van der Waals surface area (Å²) in [7, 11) is 0. The lowest BCUT2D eigenvalue weighted by Gasteiger charge is -2.37. The molecule has 0 bridgehead atoms. The minimum absolute atomic E-state index is 0.0509. The zero-order valence-corrected chi connectivity index (χ0v) is 17.6. The van der Waals surface area contributed by atoms with Crippen LogP contribution < -0.4 is 10.6 Å². The van der Waals surface area contributed by atoms with Gasteiger partial charge in [0.2, 0.25) is 5.91 Å². The molecule has 6 nitrogen and oxygen atoms in total. The molecule has 160 valence electrons. The third kappa shape index (κ3) is 4.86. The van der Waals surface area contributed by atoms with Crippen molar-refractivity contribution in [2.24, 2.45) is 0 Å². The van der Waals surface area contributed by atoms with E-state index < -0.39 is 0 Å². The van der Waals surface area contributed by atoms with Crippen molar-refractivity contribution in [1.29, 1.82) is 0 Å². The van der Waals surface area contributed by atoms with Crippen LogP contribution in [0.2, 0.25) is 0 Å². The van der Waals surface area contributed by atoms with E-state index in [1.165, 1.54) is 19.3 Å². The molecule has 2 N–H and O–H groups in total. The zero-order valence-electron chi connectivity index (χ0n) is 17.6. The first-order valence-electron chi connectivity index (χ1n) is 11.3. The van der Waals surface area contributed by atoms with Crippen LogP contribution in [0.15, 0.2) is 48.7 Å². The molecule has 1 saturated carbocycles. The molecule has 4 rings (SSSR count). The highest BCUT2D eigenvalue weighted by molar-refractivity contribution is 5.78. The predicted octanol–water partition coefficient (Wildman–Crippen LogP) is 3.83. The van der Waals surface area contributed by atoms with E-state index in [9.17, 15) is 9.59 Å². The number of hydrogen-bond acceptors (Lipinski definition) is 2. The average Bonchev–Trinajstić information content (AvgIpc) is 3.26. The normalized spacial score (nSPS) is 19.2. The van der Waals surface area contributed by atoms with Crippen LogP contribution in [0, 0.1) is 0 Å². The van der Waals surface area contributed by atoms with Crippen LogP contribution in [-0.4, -0.2) is 40.5 Å². The molecular weight excluding hydrogens is 376 g/mol. The van der Waals surface area contributed by atoms with Crippen molar-refractivity contribution in [1.82, 2.24) is 20.1 Å². The molecule has 0 saturated heterocycles. The van der Waals surface area contributed by atoms with E-state index in [4.69, 9.17) is 0 Å². The fourth-order valence-electron chi connectivity index (χ4n) is 4.71. The highest BCUT2D eigenvalue weighted by atomic mass is 16.2. The van der Waals surface area contributed by atoms with E-state index in [1.54, 1.807) is 0 Å². The summed E-state index contributed by atoms with van der Waals surface area (Å²) in [5, 5.41) is 5.98. The molecule has 1 aliphatic heterocycles. The number of carbonyl (C=O) groups excluding carboxylic acids is 2. The lowest BCUT2D eigenvalue weighted by Crippen LogP contribution is -2.44. The molecule has 1 atom stereocenters. The van der Waals surface area contributed by atoms with Gasteiger partial charge in [-0.25, -0.2) is 4.79 Å². The van der Waals surface area contributed by atoms with Crippen LogP contribution >= 0.6 is 0 Å². The maximum atomic E-state index is 13.1. The smallest absolute Gasteiger partial charge is 0.315 e. The van der Waals surface area contributed by atoms with Gasteiger partial charge in [-0.3, -0.25) is 4.79 Å². The molecule has 30 heavy (non-hydrogen) atoms. The number of fused-ring (bicyclic) bond motifs is 1. The molecule has 2 heterocycles. The maximum absolute atomic E-state index is 13.1. The second-order valence-corrected chi connectivity index (χ2v) is 8.37. The maximum Gasteiger partial charge on any atom is 0.315 e. The number of carbonyl (C=O) groups is 2. The third-order valence-corrected chi connectivity index (χ3v) is 6.27. The third-order valence-electron chi connectivity index (χ3n) is 6.27. The second-order valence-electron chi connectivity index (χ2n) is 8.37. The largest absolute Gasteiger partial charge is 0.348 e. The minimum Gasteiger partial charge on any atom is -0.348 e. The van der Waals surface area contributed by atoms with Gasteiger partial charge in [0.05, 0.1) is 6.04 Å². The van der Waals surface area contributed by atoms with E-state index in [1.807, 2.05) is 29.2 Å². The first-order valence-corrected chi connectivity index (χ1v) is 11.3. The van der Waals surface area contributed by atoms with E-state index in [2.05, 4.69) is 39.6 Å². The summed E-state index contributed by atoms with van der Waals surface area (Å²) in [5.41, 5.74) is 2.29. The monoisotopic (exact) mass is 408 g/mol. The van der Waals surface area contributed by atoms with Crippen LogP contribution in [-0.2, 0) is 11.3 Å². The molecule has 0 spiro atoms. The summed E-state index contributed by atoms with van der Waals surface area (Å²) < 4.78 is 2.23. The van der Waals surface area contributed by atoms with Gasteiger partial charge in [0.25, 0.3) is 0 Å². The van der Waals surface area contributed by atoms with Crippen LogP contribution in [0.3, 0.4) is 0 Å². The lowest BCUT2D eigenvalue weighted by molar-refractivity contribution is -0.134. The minimum atomic E-state index is -0.104. The first-order chi connectivity index (χ1) is 14.7. The Morgan fingerprint density at radius 2 is 1.77 bits per heavy atom. The fraction of sp³-hybridized carbons (Fsp3) is 0.500. The van der Waals surface area contributed by atoms with Crippen molar-refractivity contribution in [2.45, 2.75) is 63.6 Å². The van der Waals surface area contributed by atoms with Crippen molar-refractivity contribution < 1.29 is 9.59 Å². The summed E-state index contributed by atoms with van der Waals surface area (Å²) in [4.78, 5) is 27.1. The Bertz CT molecular complexity index is 842. The molecule has 6 heteroatoms. The number of hydrogen-bond donors (Lipinski definition) is 2.